The molecule has 0 amide bonds. The molecule has 0 fully saturated rings. The number of anilines is 2. The monoisotopic (exact) mass is 227 g/mol. The summed E-state index contributed by atoms with van der Waals surface area (Å²) in [5, 5.41) is 4.14. The zero-order chi connectivity index (χ0) is 10.8. The van der Waals surface area contributed by atoms with E-state index in [1.54, 1.807) is 17.5 Å². The van der Waals surface area contributed by atoms with Gasteiger partial charge in [-0.25, -0.2) is 9.97 Å². The molecule has 0 aliphatic carbocycles. The third kappa shape index (κ3) is 1.75. The number of hydrogen-bond donors (Lipinski definition) is 1. The maximum absolute atomic E-state index is 4.45. The van der Waals surface area contributed by atoms with Gasteiger partial charge in [0.2, 0.25) is 0 Å². The zero-order valence-electron chi connectivity index (χ0n) is 8.42. The summed E-state index contributed by atoms with van der Waals surface area (Å²) in [6.45, 7) is 0. The van der Waals surface area contributed by atoms with Gasteiger partial charge in [-0.1, -0.05) is 29.5 Å². The first-order valence-electron chi connectivity index (χ1n) is 4.95. The Labute approximate surface area is 96.8 Å². The molecule has 78 valence electrons. The highest BCUT2D eigenvalue weighted by Crippen LogP contribution is 2.26. The lowest BCUT2D eigenvalue weighted by molar-refractivity contribution is 1.40. The van der Waals surface area contributed by atoms with Crippen molar-refractivity contribution >= 4 is 32.5 Å². The largest absolute Gasteiger partial charge is 0.331 e. The van der Waals surface area contributed by atoms with Crippen molar-refractivity contribution in [3.63, 3.8) is 0 Å². The van der Waals surface area contributed by atoms with E-state index in [1.807, 2.05) is 42.5 Å². The van der Waals surface area contributed by atoms with Gasteiger partial charge in [-0.2, -0.15) is 0 Å². The van der Waals surface area contributed by atoms with Crippen molar-refractivity contribution in [1.29, 1.82) is 0 Å². The minimum Gasteiger partial charge on any atom is -0.331 e. The van der Waals surface area contributed by atoms with Crippen LogP contribution in [0.15, 0.2) is 48.7 Å². The fourth-order valence-corrected chi connectivity index (χ4v) is 2.30. The second-order valence-electron chi connectivity index (χ2n) is 3.34. The number of pyridine rings is 1. The zero-order valence-corrected chi connectivity index (χ0v) is 9.24. The molecule has 2 heterocycles. The summed E-state index contributed by atoms with van der Waals surface area (Å²) in [4.78, 5) is 9.67. The Morgan fingerprint density at radius 1 is 1.00 bits per heavy atom. The number of thiazole rings is 1. The highest BCUT2D eigenvalue weighted by Gasteiger charge is 2.03. The minimum absolute atomic E-state index is 0.875. The van der Waals surface area contributed by atoms with Crippen LogP contribution in [0.3, 0.4) is 0 Å². The molecule has 2 aromatic heterocycles. The van der Waals surface area contributed by atoms with Gasteiger partial charge >= 0.3 is 0 Å². The van der Waals surface area contributed by atoms with Gasteiger partial charge in [0.05, 0.1) is 0 Å². The highest BCUT2D eigenvalue weighted by atomic mass is 32.1. The van der Waals surface area contributed by atoms with Crippen LogP contribution in [-0.2, 0) is 0 Å². The molecule has 3 rings (SSSR count). The molecule has 0 bridgehead atoms. The van der Waals surface area contributed by atoms with Gasteiger partial charge in [0, 0.05) is 11.9 Å². The Morgan fingerprint density at radius 2 is 1.88 bits per heavy atom. The van der Waals surface area contributed by atoms with Gasteiger partial charge < -0.3 is 5.32 Å². The molecule has 0 radical (unpaired) electrons. The first kappa shape index (κ1) is 9.30. The summed E-state index contributed by atoms with van der Waals surface area (Å²) in [5.41, 5.74) is 1.98. The third-order valence-corrected chi connectivity index (χ3v) is 3.09. The van der Waals surface area contributed by atoms with E-state index in [0.29, 0.717) is 0 Å². The SMILES string of the molecule is c1ccc(Nc2nc3cccnc3s2)cc1. The lowest BCUT2D eigenvalue weighted by atomic mass is 10.3. The molecule has 0 atom stereocenters. The van der Waals surface area contributed by atoms with E-state index in [-0.39, 0.29) is 0 Å². The van der Waals surface area contributed by atoms with Crippen LogP contribution in [0.4, 0.5) is 10.8 Å². The molecule has 0 saturated heterocycles. The van der Waals surface area contributed by atoms with Gasteiger partial charge in [0.15, 0.2) is 5.13 Å². The van der Waals surface area contributed by atoms with Crippen molar-refractivity contribution in [3.05, 3.63) is 48.7 Å². The lowest BCUT2D eigenvalue weighted by Gasteiger charge is -1.99. The molecule has 0 saturated carbocycles. The predicted molar refractivity (Wildman–Crippen MR) is 67.1 cm³/mol. The molecule has 0 unspecified atom stereocenters. The molecular weight excluding hydrogens is 218 g/mol. The van der Waals surface area contributed by atoms with Crippen molar-refractivity contribution in [2.75, 3.05) is 5.32 Å². The van der Waals surface area contributed by atoms with Crippen LogP contribution in [0, 0.1) is 0 Å². The Hall–Kier alpha value is -1.94. The van der Waals surface area contributed by atoms with Crippen LogP contribution >= 0.6 is 11.3 Å². The molecule has 0 aliphatic rings. The van der Waals surface area contributed by atoms with Crippen molar-refractivity contribution in [2.24, 2.45) is 0 Å². The van der Waals surface area contributed by atoms with Crippen LogP contribution in [0.5, 0.6) is 0 Å². The molecular formula is C12H9N3S. The maximum Gasteiger partial charge on any atom is 0.189 e. The average molecular weight is 227 g/mol. The molecule has 1 aromatic carbocycles. The minimum atomic E-state index is 0.875. The highest BCUT2D eigenvalue weighted by molar-refractivity contribution is 7.21. The van der Waals surface area contributed by atoms with Crippen molar-refractivity contribution < 1.29 is 0 Å². The van der Waals surface area contributed by atoms with E-state index in [2.05, 4.69) is 15.3 Å². The molecule has 0 aliphatic heterocycles. The summed E-state index contributed by atoms with van der Waals surface area (Å²) in [6, 6.07) is 13.9. The summed E-state index contributed by atoms with van der Waals surface area (Å²) < 4.78 is 0. The van der Waals surface area contributed by atoms with Crippen LogP contribution in [0.2, 0.25) is 0 Å². The van der Waals surface area contributed by atoms with E-state index in [4.69, 9.17) is 0 Å². The summed E-state index contributed by atoms with van der Waals surface area (Å²) in [5.74, 6) is 0. The van der Waals surface area contributed by atoms with Crippen LogP contribution in [0.25, 0.3) is 10.3 Å². The number of para-hydroxylation sites is 1. The normalized spacial score (nSPS) is 10.5. The lowest BCUT2D eigenvalue weighted by Crippen LogP contribution is -1.87. The second kappa shape index (κ2) is 3.90. The van der Waals surface area contributed by atoms with Gasteiger partial charge in [-0.05, 0) is 24.3 Å². The fraction of sp³-hybridized carbons (Fsp3) is 0. The Kier molecular flexibility index (Phi) is 2.27. The fourth-order valence-electron chi connectivity index (χ4n) is 1.47. The standard InChI is InChI=1S/C12H9N3S/c1-2-5-9(6-3-1)14-12-15-10-7-4-8-13-11(10)16-12/h1-8H,(H,14,15). The molecule has 3 nitrogen and oxygen atoms in total. The topological polar surface area (TPSA) is 37.8 Å². The predicted octanol–water partition coefficient (Wildman–Crippen LogP) is 3.43. The number of nitrogens with zero attached hydrogens (tertiary/aromatic N) is 2. The smallest absolute Gasteiger partial charge is 0.189 e. The first-order chi connectivity index (χ1) is 7.92. The Bertz CT molecular complexity index is 571. The average Bonchev–Trinajstić information content (AvgIpc) is 2.72. The van der Waals surface area contributed by atoms with E-state index < -0.39 is 0 Å². The van der Waals surface area contributed by atoms with Crippen molar-refractivity contribution in [3.8, 4) is 0 Å². The summed E-state index contributed by atoms with van der Waals surface area (Å²) >= 11 is 1.56. The Balaban J connectivity index is 1.95. The number of rotatable bonds is 2. The Morgan fingerprint density at radius 3 is 2.69 bits per heavy atom. The molecule has 3 aromatic rings. The number of fused-ring (bicyclic) bond motifs is 1. The second-order valence-corrected chi connectivity index (χ2v) is 4.32. The number of benzene rings is 1. The molecule has 0 spiro atoms. The third-order valence-electron chi connectivity index (χ3n) is 2.19. The van der Waals surface area contributed by atoms with E-state index >= 15 is 0 Å². The van der Waals surface area contributed by atoms with Gasteiger partial charge in [-0.3, -0.25) is 0 Å². The van der Waals surface area contributed by atoms with Crippen molar-refractivity contribution in [1.82, 2.24) is 9.97 Å². The van der Waals surface area contributed by atoms with Crippen LogP contribution in [-0.4, -0.2) is 9.97 Å². The van der Waals surface area contributed by atoms with E-state index in [1.165, 1.54) is 0 Å². The summed E-state index contributed by atoms with van der Waals surface area (Å²) in [6.07, 6.45) is 1.78. The summed E-state index contributed by atoms with van der Waals surface area (Å²) in [7, 11) is 0. The number of aromatic nitrogens is 2. The van der Waals surface area contributed by atoms with Gasteiger partial charge in [0.25, 0.3) is 0 Å². The van der Waals surface area contributed by atoms with Crippen molar-refractivity contribution in [2.45, 2.75) is 0 Å². The quantitative estimate of drug-likeness (QED) is 0.728. The number of nitrogens with one attached hydrogen (secondary N) is 1. The van der Waals surface area contributed by atoms with E-state index in [0.717, 1.165) is 21.2 Å². The molecule has 4 heteroatoms. The molecule has 16 heavy (non-hydrogen) atoms. The molecule has 1 N–H and O–H groups in total. The van der Waals surface area contributed by atoms with Gasteiger partial charge in [0.1, 0.15) is 10.3 Å². The van der Waals surface area contributed by atoms with Crippen LogP contribution in [0.1, 0.15) is 0 Å². The number of hydrogen-bond acceptors (Lipinski definition) is 4. The van der Waals surface area contributed by atoms with Crippen LogP contribution < -0.4 is 5.32 Å². The van der Waals surface area contributed by atoms with Gasteiger partial charge in [-0.15, -0.1) is 0 Å². The van der Waals surface area contributed by atoms with E-state index in [9.17, 15) is 0 Å². The maximum atomic E-state index is 4.45. The first-order valence-corrected chi connectivity index (χ1v) is 5.77.